The molecule has 0 unspecified atom stereocenters. The van der Waals surface area contributed by atoms with Crippen molar-refractivity contribution in [1.82, 2.24) is 57.7 Å². The van der Waals surface area contributed by atoms with Crippen molar-refractivity contribution < 1.29 is 117 Å². The molecule has 23 N–H and O–H groups in total. The fourth-order valence-corrected chi connectivity index (χ4v) is 13.0. The van der Waals surface area contributed by atoms with Gasteiger partial charge in [0.1, 0.15) is 72.6 Å². The van der Waals surface area contributed by atoms with Crippen molar-refractivity contribution in [3.05, 3.63) is 0 Å². The fourth-order valence-electron chi connectivity index (χ4n) is 13.0. The molecule has 39 heteroatoms. The summed E-state index contributed by atoms with van der Waals surface area (Å²) in [6, 6.07) is -20.3. The summed E-state index contributed by atoms with van der Waals surface area (Å²) in [6.45, 7) is 17.1. The van der Waals surface area contributed by atoms with Crippen LogP contribution in [0.25, 0.3) is 0 Å². The van der Waals surface area contributed by atoms with Crippen LogP contribution in [-0.2, 0) is 86.2 Å². The molecule has 0 radical (unpaired) electrons. The van der Waals surface area contributed by atoms with Gasteiger partial charge in [-0.15, -0.1) is 0 Å². The molecule has 21 atom stereocenters. The van der Waals surface area contributed by atoms with Crippen molar-refractivity contribution in [2.75, 3.05) is 40.4 Å². The highest BCUT2D eigenvalue weighted by molar-refractivity contribution is 6.00. The number of cyclic esters (lactones) is 1. The number of ether oxygens (including phenoxy) is 2. The van der Waals surface area contributed by atoms with E-state index in [0.717, 1.165) is 24.0 Å². The predicted octanol–water partition coefficient (Wildman–Crippen LogP) is -4.91. The van der Waals surface area contributed by atoms with E-state index in [1.165, 1.54) is 34.6 Å². The molecule has 0 saturated carbocycles. The normalized spacial score (nSPS) is 24.4. The minimum Gasteiger partial charge on any atom is -0.481 e. The van der Waals surface area contributed by atoms with Crippen LogP contribution < -0.4 is 70.8 Å². The van der Waals surface area contributed by atoms with Crippen LogP contribution in [0.2, 0.25) is 0 Å². The molecule has 0 aliphatic carbocycles. The summed E-state index contributed by atoms with van der Waals surface area (Å²) >= 11 is 0. The summed E-state index contributed by atoms with van der Waals surface area (Å²) in [5.41, 5.74) is 22.9. The third-order valence-electron chi connectivity index (χ3n) is 20.5. The van der Waals surface area contributed by atoms with E-state index in [-0.39, 0.29) is 82.8 Å². The van der Waals surface area contributed by atoms with Gasteiger partial charge in [0.15, 0.2) is 6.10 Å². The van der Waals surface area contributed by atoms with Gasteiger partial charge in [-0.3, -0.25) is 71.9 Å². The van der Waals surface area contributed by atoms with E-state index >= 15 is 19.2 Å². The fraction of sp³-hybridized carbons (Fsp3) is 0.778. The first-order valence-electron chi connectivity index (χ1n) is 37.9. The highest BCUT2D eigenvalue weighted by Gasteiger charge is 2.48. The number of rotatable bonds is 38. The maximum atomic E-state index is 15.5. The lowest BCUT2D eigenvalue weighted by Gasteiger charge is -2.39. The number of aliphatic hydroxyl groups is 4. The number of nitrogens with one attached hydrogen (secondary N) is 9. The van der Waals surface area contributed by atoms with Crippen molar-refractivity contribution in [3.63, 3.8) is 0 Å². The second kappa shape index (κ2) is 47.6. The Labute approximate surface area is 647 Å². The van der Waals surface area contributed by atoms with Crippen LogP contribution in [0.15, 0.2) is 0 Å². The van der Waals surface area contributed by atoms with Gasteiger partial charge in [0.05, 0.1) is 37.2 Å². The van der Waals surface area contributed by atoms with Gasteiger partial charge in [-0.05, 0) is 126 Å². The predicted molar refractivity (Wildman–Crippen MR) is 398 cm³/mol. The van der Waals surface area contributed by atoms with Gasteiger partial charge in [-0.25, -0.2) is 4.79 Å². The number of piperidine rings is 1. The number of aliphatic hydroxyl groups excluding tert-OH is 4. The number of amides is 13. The lowest BCUT2D eigenvalue weighted by atomic mass is 9.85. The zero-order valence-electron chi connectivity index (χ0n) is 66.3. The van der Waals surface area contributed by atoms with E-state index in [1.807, 2.05) is 13.8 Å². The second-order valence-corrected chi connectivity index (χ2v) is 30.4. The SMILES string of the molecule is CO[C@H](C)[C@@H]1NC(=O)[C@H](CCC(N)=O)N(C)C(=O)[C@H](CC(C)C)NC(=O)[C@@H](CCCN)NC(=O)[C@@H](CO)NC(=O)[C@H](NC(=O)[C@@H](NC(=O)[C@H](O)[C@H](O)[C@H](CCC(=O)O)NC(=O)[C@@H](CCCN)NC(=O)[C@H](C)[C@H](O)[C@H](C)CC(C)C)[C@@H](C)[C@@H](C)C(N)=O)[C@@H]([C@H](C)C(C)C)OC(=O)[C@@H]2CCCCN2C(=O)[C@@H](CC(=O)O)NC1=O. The smallest absolute Gasteiger partial charge is 0.329 e. The number of nitrogens with two attached hydrogens (primary N) is 4. The number of esters is 1. The van der Waals surface area contributed by atoms with Crippen LogP contribution in [0.3, 0.4) is 0 Å². The van der Waals surface area contributed by atoms with Gasteiger partial charge in [-0.2, -0.15) is 0 Å². The van der Waals surface area contributed by atoms with Crippen molar-refractivity contribution in [1.29, 1.82) is 0 Å². The van der Waals surface area contributed by atoms with Crippen molar-refractivity contribution in [2.45, 2.75) is 270 Å². The van der Waals surface area contributed by atoms with Crippen molar-refractivity contribution >= 4 is 94.7 Å². The molecule has 0 bridgehead atoms. The van der Waals surface area contributed by atoms with Crippen LogP contribution in [0.1, 0.15) is 173 Å². The average molecular weight is 1580 g/mol. The molecule has 13 amide bonds. The van der Waals surface area contributed by atoms with Crippen LogP contribution in [0, 0.1) is 47.3 Å². The summed E-state index contributed by atoms with van der Waals surface area (Å²) in [5.74, 6) is -26.0. The molecule has 111 heavy (non-hydrogen) atoms. The van der Waals surface area contributed by atoms with E-state index in [2.05, 4.69) is 47.9 Å². The highest BCUT2D eigenvalue weighted by Crippen LogP contribution is 2.28. The summed E-state index contributed by atoms with van der Waals surface area (Å²) in [4.78, 5) is 229. The summed E-state index contributed by atoms with van der Waals surface area (Å²) in [6.07, 6.45) is -13.0. The first kappa shape index (κ1) is 98.3. The summed E-state index contributed by atoms with van der Waals surface area (Å²) < 4.78 is 11.7. The Morgan fingerprint density at radius 1 is 0.622 bits per heavy atom. The number of carbonyl (C=O) groups is 16. The molecule has 2 rings (SSSR count). The quantitative estimate of drug-likeness (QED) is 0.0258. The highest BCUT2D eigenvalue weighted by atomic mass is 16.5. The molecule has 2 aliphatic heterocycles. The summed E-state index contributed by atoms with van der Waals surface area (Å²) in [7, 11) is 2.30. The average Bonchev–Trinajstić information content (AvgIpc) is 0.811. The number of likely N-dealkylation sites (N-methyl/N-ethyl adjacent to an activating group) is 1. The molecule has 2 fully saturated rings. The van der Waals surface area contributed by atoms with Crippen molar-refractivity contribution in [2.24, 2.45) is 70.3 Å². The van der Waals surface area contributed by atoms with E-state index in [4.69, 9.17) is 32.4 Å². The van der Waals surface area contributed by atoms with E-state index in [1.54, 1.807) is 34.6 Å². The topological polar surface area (TPSA) is 632 Å². The molecule has 0 aromatic heterocycles. The molecular weight excluding hydrogens is 1460 g/mol. The number of fused-ring (bicyclic) bond motifs is 1. The maximum Gasteiger partial charge on any atom is 0.329 e. The molecule has 2 aliphatic rings. The van der Waals surface area contributed by atoms with Crippen LogP contribution >= 0.6 is 0 Å². The van der Waals surface area contributed by atoms with Crippen LogP contribution in [-0.4, -0.2) is 273 Å². The number of hydrogen-bond acceptors (Lipinski definition) is 24. The first-order valence-corrected chi connectivity index (χ1v) is 37.9. The number of nitrogens with zero attached hydrogens (tertiary/aromatic N) is 2. The number of carboxylic acids is 2. The number of methoxy groups -OCH3 is 1. The van der Waals surface area contributed by atoms with E-state index < -0.39 is 266 Å². The van der Waals surface area contributed by atoms with Crippen LogP contribution in [0.5, 0.6) is 0 Å². The van der Waals surface area contributed by atoms with Crippen LogP contribution in [0.4, 0.5) is 0 Å². The lowest BCUT2D eigenvalue weighted by molar-refractivity contribution is -0.168. The molecule has 0 aromatic rings. The number of hydrogen-bond donors (Lipinski definition) is 19. The van der Waals surface area contributed by atoms with Gasteiger partial charge in [-0.1, -0.05) is 76.2 Å². The molecule has 0 spiro atoms. The third kappa shape index (κ3) is 30.7. The molecule has 2 saturated heterocycles. The van der Waals surface area contributed by atoms with Gasteiger partial charge < -0.3 is 121 Å². The largest absolute Gasteiger partial charge is 0.481 e. The lowest BCUT2D eigenvalue weighted by Crippen LogP contribution is -2.65. The van der Waals surface area contributed by atoms with E-state index in [9.17, 15) is 88.2 Å². The Balaban J connectivity index is 3.13. The zero-order valence-corrected chi connectivity index (χ0v) is 66.3. The standard InChI is InChI=1S/C72H125N15O24/c1-33(2)29-36(7)56(94)40(11)61(98)78-43(19-17-26-73)62(99)77-42(22-25-51(90)91)57(95)58(96)69(106)83-53(38(9)39(10)60(76)97)66(103)85-55-59(37(8)35(5)6)111-72(109)49-21-15-16-28-87(49)71(108)46(31-52(92)93)81-67(104)54(41(12)110-14)84-65(102)48(23-24-50(75)89)86(13)70(107)45(30-34(3)4)80-63(100)44(20-18-27-74)79-64(101)47(32-88)82-68(55)105/h33-49,53-59,88,94-96H,15-32,73-74H2,1-14H3,(H2,75,89)(H2,76,97)(H,77,99)(H,78,98)(H,79,101)(H,80,100)(H,81,104)(H,82,105)(H,83,106)(H,84,102)(H,85,103)(H,90,91)(H,92,93)/t36-,37-,38+,39-,40-,41-,42+,43-,44-,45+,46-,47-,48+,49+,53+,54+,55-,56-,57-,58-,59-/m1/s1. The molecular formula is C72H125N15O24. The molecule has 632 valence electrons. The second-order valence-electron chi connectivity index (χ2n) is 30.4. The molecule has 0 aromatic carbocycles. The maximum absolute atomic E-state index is 15.5. The summed E-state index contributed by atoms with van der Waals surface area (Å²) in [5, 5.41) is 87.6. The van der Waals surface area contributed by atoms with Gasteiger partial charge in [0.25, 0.3) is 5.91 Å². The molecule has 39 nitrogen and oxygen atoms in total. The minimum absolute atomic E-state index is 0.0133. The number of aliphatic carboxylic acids is 2. The number of carboxylic acid groups (broad SMARTS) is 2. The van der Waals surface area contributed by atoms with Gasteiger partial charge in [0, 0.05) is 39.5 Å². The Morgan fingerprint density at radius 2 is 1.22 bits per heavy atom. The first-order chi connectivity index (χ1) is 51.8. The number of carbonyl (C=O) groups excluding carboxylic acids is 14. The van der Waals surface area contributed by atoms with Crippen molar-refractivity contribution in [3.8, 4) is 0 Å². The van der Waals surface area contributed by atoms with E-state index in [0.29, 0.717) is 6.42 Å². The Kier molecular flexibility index (Phi) is 42.1. The zero-order chi connectivity index (χ0) is 84.8. The van der Waals surface area contributed by atoms with Gasteiger partial charge >= 0.3 is 17.9 Å². The number of primary amides is 2. The van der Waals surface area contributed by atoms with Gasteiger partial charge in [0.2, 0.25) is 70.9 Å². The third-order valence-corrected chi connectivity index (χ3v) is 20.5. The minimum atomic E-state index is -2.73. The Hall–Kier alpha value is -8.76. The Bertz CT molecular complexity index is 3180. The molecule has 2 heterocycles. The Morgan fingerprint density at radius 3 is 1.76 bits per heavy atom. The monoisotopic (exact) mass is 1580 g/mol.